The van der Waals surface area contributed by atoms with E-state index in [9.17, 15) is 18.0 Å². The molecule has 24 heavy (non-hydrogen) atoms. The van der Waals surface area contributed by atoms with Crippen LogP contribution in [0, 0.1) is 0 Å². The summed E-state index contributed by atoms with van der Waals surface area (Å²) in [6, 6.07) is 8.24. The van der Waals surface area contributed by atoms with Gasteiger partial charge in [-0.05, 0) is 42.0 Å². The molecule has 1 heterocycles. The van der Waals surface area contributed by atoms with Crippen LogP contribution >= 0.6 is 11.6 Å². The van der Waals surface area contributed by atoms with Crippen LogP contribution in [0.25, 0.3) is 11.6 Å². The first kappa shape index (κ1) is 16.4. The van der Waals surface area contributed by atoms with Gasteiger partial charge in [0.2, 0.25) is 0 Å². The highest BCUT2D eigenvalue weighted by Crippen LogP contribution is 2.39. The predicted octanol–water partition coefficient (Wildman–Crippen LogP) is 4.86. The molecular weight excluding hydrogens is 343 g/mol. The molecule has 0 saturated carbocycles. The number of nitrogens with one attached hydrogen (secondary N) is 1. The number of hydrogen-bond acceptors (Lipinski definition) is 2. The lowest BCUT2D eigenvalue weighted by Gasteiger charge is -2.10. The van der Waals surface area contributed by atoms with Gasteiger partial charge in [0.05, 0.1) is 29.0 Å². The summed E-state index contributed by atoms with van der Waals surface area (Å²) in [4.78, 5) is 12.1. The number of carbonyl (C=O) groups excluding carboxylic acids is 1. The quantitative estimate of drug-likeness (QED) is 0.783. The molecule has 2 aromatic carbocycles. The number of rotatable bonds is 2. The van der Waals surface area contributed by atoms with Gasteiger partial charge >= 0.3 is 6.18 Å². The number of halogens is 4. The smallest absolute Gasteiger partial charge is 0.416 e. The zero-order chi connectivity index (χ0) is 17.5. The van der Waals surface area contributed by atoms with Crippen molar-refractivity contribution >= 4 is 34.8 Å². The van der Waals surface area contributed by atoms with Crippen molar-refractivity contribution in [3.63, 3.8) is 0 Å². The number of carbonyl (C=O) groups is 1. The molecule has 2 aromatic rings. The number of hydrogen-bond donors (Lipinski definition) is 1. The third-order valence-electron chi connectivity index (χ3n) is 3.58. The molecule has 3 rings (SSSR count). The van der Waals surface area contributed by atoms with Gasteiger partial charge in [-0.25, -0.2) is 0 Å². The maximum absolute atomic E-state index is 13.0. The Hall–Kier alpha value is -2.47. The van der Waals surface area contributed by atoms with Crippen molar-refractivity contribution in [2.75, 3.05) is 12.4 Å². The van der Waals surface area contributed by atoms with E-state index in [1.165, 1.54) is 19.3 Å². The lowest BCUT2D eigenvalue weighted by molar-refractivity contribution is -0.137. The first-order valence-corrected chi connectivity index (χ1v) is 7.25. The molecule has 0 radical (unpaired) electrons. The van der Waals surface area contributed by atoms with Gasteiger partial charge in [-0.15, -0.1) is 0 Å². The molecule has 0 bridgehead atoms. The molecule has 0 saturated heterocycles. The van der Waals surface area contributed by atoms with Crippen molar-refractivity contribution in [2.45, 2.75) is 6.18 Å². The highest BCUT2D eigenvalue weighted by molar-refractivity contribution is 6.41. The highest BCUT2D eigenvalue weighted by Gasteiger charge is 2.32. The lowest BCUT2D eigenvalue weighted by Crippen LogP contribution is -2.06. The molecule has 7 heteroatoms. The van der Waals surface area contributed by atoms with E-state index < -0.39 is 17.6 Å². The van der Waals surface area contributed by atoms with Crippen LogP contribution < -0.4 is 10.1 Å². The van der Waals surface area contributed by atoms with Crippen molar-refractivity contribution < 1.29 is 22.7 Å². The molecular formula is C17H11ClF3NO2. The summed E-state index contributed by atoms with van der Waals surface area (Å²) in [5, 5.41) is 2.98. The Balaban J connectivity index is 2.15. The molecule has 1 aliphatic heterocycles. The van der Waals surface area contributed by atoms with E-state index in [-0.39, 0.29) is 16.9 Å². The van der Waals surface area contributed by atoms with Crippen molar-refractivity contribution in [3.05, 3.63) is 58.1 Å². The van der Waals surface area contributed by atoms with E-state index in [0.29, 0.717) is 16.3 Å². The fraction of sp³-hybridized carbons (Fsp3) is 0.118. The van der Waals surface area contributed by atoms with Crippen molar-refractivity contribution in [2.24, 2.45) is 0 Å². The second-order valence-electron chi connectivity index (χ2n) is 5.17. The van der Waals surface area contributed by atoms with E-state index in [0.717, 1.165) is 12.1 Å². The number of amides is 1. The Morgan fingerprint density at radius 1 is 1.21 bits per heavy atom. The third kappa shape index (κ3) is 2.97. The lowest BCUT2D eigenvalue weighted by atomic mass is 10.0. The van der Waals surface area contributed by atoms with E-state index >= 15 is 0 Å². The maximum Gasteiger partial charge on any atom is 0.416 e. The summed E-state index contributed by atoms with van der Waals surface area (Å²) in [5.41, 5.74) is 0.543. The molecule has 0 aliphatic carbocycles. The highest BCUT2D eigenvalue weighted by atomic mass is 35.5. The summed E-state index contributed by atoms with van der Waals surface area (Å²) in [6.07, 6.45) is -3.15. The summed E-state index contributed by atoms with van der Waals surface area (Å²) >= 11 is 6.12. The average molecular weight is 354 g/mol. The van der Waals surface area contributed by atoms with Gasteiger partial charge in [0.1, 0.15) is 5.75 Å². The molecule has 124 valence electrons. The molecule has 0 aromatic heterocycles. The standard InChI is InChI=1S/C17H11ClF3NO2/c1-24-11-6-9(5-10(8-11)17(19,20)21)7-12-15-13(18)3-2-4-14(15)22-16(12)23/h2-8H,1H3,(H,22,23). The number of methoxy groups -OCH3 is 1. The molecule has 1 aliphatic rings. The second-order valence-corrected chi connectivity index (χ2v) is 5.57. The van der Waals surface area contributed by atoms with Gasteiger partial charge in [0.25, 0.3) is 5.91 Å². The van der Waals surface area contributed by atoms with Crippen molar-refractivity contribution in [3.8, 4) is 5.75 Å². The van der Waals surface area contributed by atoms with Gasteiger partial charge in [-0.2, -0.15) is 13.2 Å². The van der Waals surface area contributed by atoms with Gasteiger partial charge < -0.3 is 10.1 Å². The second kappa shape index (κ2) is 5.87. The van der Waals surface area contributed by atoms with Gasteiger partial charge in [0.15, 0.2) is 0 Å². The molecule has 1 amide bonds. The van der Waals surface area contributed by atoms with E-state index in [1.807, 2.05) is 0 Å². The van der Waals surface area contributed by atoms with Crippen LogP contribution in [0.1, 0.15) is 16.7 Å². The zero-order valence-corrected chi connectivity index (χ0v) is 13.1. The maximum atomic E-state index is 13.0. The zero-order valence-electron chi connectivity index (χ0n) is 12.4. The summed E-state index contributed by atoms with van der Waals surface area (Å²) < 4.78 is 43.9. The number of alkyl halides is 3. The first-order valence-electron chi connectivity index (χ1n) is 6.88. The summed E-state index contributed by atoms with van der Waals surface area (Å²) in [5.74, 6) is -0.371. The molecule has 0 unspecified atom stereocenters. The third-order valence-corrected chi connectivity index (χ3v) is 3.89. The average Bonchev–Trinajstić information content (AvgIpc) is 2.83. The van der Waals surface area contributed by atoms with Crippen LogP contribution in [-0.4, -0.2) is 13.0 Å². The number of benzene rings is 2. The largest absolute Gasteiger partial charge is 0.497 e. The fourth-order valence-electron chi connectivity index (χ4n) is 2.50. The van der Waals surface area contributed by atoms with Gasteiger partial charge in [-0.3, -0.25) is 4.79 Å². The number of fused-ring (bicyclic) bond motifs is 1. The van der Waals surface area contributed by atoms with Crippen LogP contribution in [-0.2, 0) is 11.0 Å². The Kier molecular flexibility index (Phi) is 4.01. The van der Waals surface area contributed by atoms with Crippen LogP contribution in [0.5, 0.6) is 5.75 Å². The topological polar surface area (TPSA) is 38.3 Å². The first-order chi connectivity index (χ1) is 11.3. The summed E-state index contributed by atoms with van der Waals surface area (Å²) in [6.45, 7) is 0. The molecule has 0 atom stereocenters. The Morgan fingerprint density at radius 3 is 2.62 bits per heavy atom. The van der Waals surface area contributed by atoms with E-state index in [4.69, 9.17) is 16.3 Å². The monoisotopic (exact) mass is 353 g/mol. The van der Waals surface area contributed by atoms with Gasteiger partial charge in [-0.1, -0.05) is 17.7 Å². The Bertz CT molecular complexity index is 859. The van der Waals surface area contributed by atoms with Crippen LogP contribution in [0.3, 0.4) is 0 Å². The van der Waals surface area contributed by atoms with Gasteiger partial charge in [0, 0.05) is 5.56 Å². The number of ether oxygens (including phenoxy) is 1. The number of anilines is 1. The Morgan fingerprint density at radius 2 is 1.96 bits per heavy atom. The van der Waals surface area contributed by atoms with Crippen molar-refractivity contribution in [1.82, 2.24) is 0 Å². The fourth-order valence-corrected chi connectivity index (χ4v) is 2.77. The predicted molar refractivity (Wildman–Crippen MR) is 85.9 cm³/mol. The van der Waals surface area contributed by atoms with E-state index in [1.54, 1.807) is 18.2 Å². The van der Waals surface area contributed by atoms with Crippen LogP contribution in [0.2, 0.25) is 5.02 Å². The van der Waals surface area contributed by atoms with E-state index in [2.05, 4.69) is 5.32 Å². The minimum Gasteiger partial charge on any atom is -0.497 e. The SMILES string of the molecule is COc1cc(C=C2C(=O)Nc3cccc(Cl)c32)cc(C(F)(F)F)c1. The minimum atomic E-state index is -4.52. The molecule has 1 N–H and O–H groups in total. The molecule has 0 fully saturated rings. The Labute approximate surface area is 140 Å². The minimum absolute atomic E-state index is 0.0504. The van der Waals surface area contributed by atoms with Crippen LogP contribution in [0.4, 0.5) is 18.9 Å². The molecule has 3 nitrogen and oxygen atoms in total. The normalized spacial score (nSPS) is 15.4. The van der Waals surface area contributed by atoms with Crippen LogP contribution in [0.15, 0.2) is 36.4 Å². The summed E-state index contributed by atoms with van der Waals surface area (Å²) in [7, 11) is 1.28. The van der Waals surface area contributed by atoms with Crippen molar-refractivity contribution in [1.29, 1.82) is 0 Å². The molecule has 0 spiro atoms.